The van der Waals surface area contributed by atoms with Gasteiger partial charge in [0.15, 0.2) is 0 Å². The number of nitrogens with one attached hydrogen (secondary N) is 1. The third kappa shape index (κ3) is 4.96. The van der Waals surface area contributed by atoms with Gasteiger partial charge in [-0.1, -0.05) is 12.8 Å². The maximum atomic E-state index is 4.98. The van der Waals surface area contributed by atoms with E-state index in [-0.39, 0.29) is 0 Å². The lowest BCUT2D eigenvalue weighted by atomic mass is 10.3. The van der Waals surface area contributed by atoms with Crippen molar-refractivity contribution in [3.05, 3.63) is 12.3 Å². The summed E-state index contributed by atoms with van der Waals surface area (Å²) < 4.78 is 0. The number of rotatable bonds is 3. The van der Waals surface area contributed by atoms with Crippen LogP contribution in [-0.4, -0.2) is 6.04 Å². The molecule has 1 unspecified atom stereocenters. The van der Waals surface area contributed by atoms with Crippen LogP contribution in [0.2, 0.25) is 0 Å². The zero-order valence-electron chi connectivity index (χ0n) is 6.02. The predicted octanol–water partition coefficient (Wildman–Crippen LogP) is 1.52. The third-order valence-electron chi connectivity index (χ3n) is 1.17. The molecule has 0 aliphatic carbocycles. The minimum Gasteiger partial charge on any atom is -0.388 e. The molecule has 9 heavy (non-hydrogen) atoms. The van der Waals surface area contributed by atoms with Crippen LogP contribution in [0.5, 0.6) is 0 Å². The zero-order chi connectivity index (χ0) is 7.11. The van der Waals surface area contributed by atoms with Gasteiger partial charge in [-0.25, -0.2) is 0 Å². The van der Waals surface area contributed by atoms with Gasteiger partial charge in [-0.15, -0.1) is 6.42 Å². The van der Waals surface area contributed by atoms with Gasteiger partial charge in [-0.2, -0.15) is 0 Å². The molecule has 0 saturated carbocycles. The summed E-state index contributed by atoms with van der Waals surface area (Å²) in [5.41, 5.74) is 0. The van der Waals surface area contributed by atoms with Crippen molar-refractivity contribution in [2.45, 2.75) is 26.3 Å². The highest BCUT2D eigenvalue weighted by Gasteiger charge is 1.88. The zero-order valence-corrected chi connectivity index (χ0v) is 6.02. The Labute approximate surface area is 57.2 Å². The molecule has 0 bridgehead atoms. The fourth-order valence-corrected chi connectivity index (χ4v) is 0.378. The molecule has 0 heterocycles. The average molecular weight is 123 g/mol. The standard InChI is InChI=1S/C8H13N/c1-4-6-7-9-8(3)5-2/h1,6-9H,5H2,2-3H3/b7-6+. The Balaban J connectivity index is 3.28. The molecule has 0 aromatic rings. The summed E-state index contributed by atoms with van der Waals surface area (Å²) in [7, 11) is 0. The van der Waals surface area contributed by atoms with E-state index in [1.165, 1.54) is 0 Å². The average Bonchev–Trinajstić information content (AvgIpc) is 1.89. The predicted molar refractivity (Wildman–Crippen MR) is 40.9 cm³/mol. The Morgan fingerprint density at radius 2 is 2.44 bits per heavy atom. The molecule has 0 aromatic heterocycles. The minimum absolute atomic E-state index is 0.523. The molecule has 0 amide bonds. The van der Waals surface area contributed by atoms with Gasteiger partial charge >= 0.3 is 0 Å². The molecule has 0 fully saturated rings. The molecule has 0 spiro atoms. The topological polar surface area (TPSA) is 12.0 Å². The second-order valence-corrected chi connectivity index (χ2v) is 1.98. The Bertz CT molecular complexity index is 119. The summed E-state index contributed by atoms with van der Waals surface area (Å²) in [6.07, 6.45) is 9.56. The first-order valence-electron chi connectivity index (χ1n) is 3.18. The molecule has 0 saturated heterocycles. The van der Waals surface area contributed by atoms with Crippen molar-refractivity contribution < 1.29 is 0 Å². The normalized spacial score (nSPS) is 13.0. The summed E-state index contributed by atoms with van der Waals surface area (Å²) >= 11 is 0. The second kappa shape index (κ2) is 5.24. The fraction of sp³-hybridized carbons (Fsp3) is 0.500. The van der Waals surface area contributed by atoms with Crippen LogP contribution in [0.3, 0.4) is 0 Å². The number of allylic oxidation sites excluding steroid dienone is 1. The Morgan fingerprint density at radius 3 is 2.89 bits per heavy atom. The number of terminal acetylenes is 1. The van der Waals surface area contributed by atoms with Crippen molar-refractivity contribution in [1.29, 1.82) is 0 Å². The van der Waals surface area contributed by atoms with Crippen molar-refractivity contribution >= 4 is 0 Å². The summed E-state index contributed by atoms with van der Waals surface area (Å²) in [5, 5.41) is 3.11. The molecule has 0 aromatic carbocycles. The lowest BCUT2D eigenvalue weighted by Gasteiger charge is -2.05. The fourth-order valence-electron chi connectivity index (χ4n) is 0.378. The van der Waals surface area contributed by atoms with Crippen molar-refractivity contribution in [1.82, 2.24) is 5.32 Å². The van der Waals surface area contributed by atoms with Gasteiger partial charge in [0.1, 0.15) is 0 Å². The highest BCUT2D eigenvalue weighted by atomic mass is 14.9. The molecule has 0 radical (unpaired) electrons. The van der Waals surface area contributed by atoms with Crippen LogP contribution in [0.1, 0.15) is 20.3 Å². The summed E-state index contributed by atoms with van der Waals surface area (Å²) in [4.78, 5) is 0. The first kappa shape index (κ1) is 8.10. The van der Waals surface area contributed by atoms with Gasteiger partial charge in [-0.05, 0) is 13.3 Å². The maximum absolute atomic E-state index is 4.98. The Hall–Kier alpha value is -0.900. The molecule has 1 nitrogen and oxygen atoms in total. The van der Waals surface area contributed by atoms with Crippen LogP contribution in [0.4, 0.5) is 0 Å². The molecule has 0 rings (SSSR count). The smallest absolute Gasteiger partial charge is 0.0225 e. The Kier molecular flexibility index (Phi) is 4.72. The van der Waals surface area contributed by atoms with E-state index in [9.17, 15) is 0 Å². The second-order valence-electron chi connectivity index (χ2n) is 1.98. The van der Waals surface area contributed by atoms with Gasteiger partial charge in [0.25, 0.3) is 0 Å². The Morgan fingerprint density at radius 1 is 1.78 bits per heavy atom. The van der Waals surface area contributed by atoms with Crippen LogP contribution in [0.25, 0.3) is 0 Å². The van der Waals surface area contributed by atoms with E-state index in [0.717, 1.165) is 6.42 Å². The minimum atomic E-state index is 0.523. The summed E-state index contributed by atoms with van der Waals surface area (Å²) in [6, 6.07) is 0.523. The molecule has 0 aliphatic rings. The van der Waals surface area contributed by atoms with E-state index < -0.39 is 0 Å². The third-order valence-corrected chi connectivity index (χ3v) is 1.17. The van der Waals surface area contributed by atoms with Gasteiger partial charge in [-0.3, -0.25) is 0 Å². The van der Waals surface area contributed by atoms with Crippen LogP contribution in [0, 0.1) is 12.3 Å². The number of hydrogen-bond donors (Lipinski definition) is 1. The first-order valence-corrected chi connectivity index (χ1v) is 3.18. The lowest BCUT2D eigenvalue weighted by molar-refractivity contribution is 0.619. The van der Waals surface area contributed by atoms with E-state index in [4.69, 9.17) is 6.42 Å². The summed E-state index contributed by atoms with van der Waals surface area (Å²) in [6.45, 7) is 4.24. The SMILES string of the molecule is C#C/C=C/NC(C)CC. The van der Waals surface area contributed by atoms with Gasteiger partial charge < -0.3 is 5.32 Å². The maximum Gasteiger partial charge on any atom is 0.0225 e. The lowest BCUT2D eigenvalue weighted by Crippen LogP contribution is -2.18. The van der Waals surface area contributed by atoms with E-state index in [0.29, 0.717) is 6.04 Å². The van der Waals surface area contributed by atoms with Crippen molar-refractivity contribution in [2.24, 2.45) is 0 Å². The highest BCUT2D eigenvalue weighted by molar-refractivity contribution is 5.07. The monoisotopic (exact) mass is 123 g/mol. The van der Waals surface area contributed by atoms with E-state index in [1.807, 2.05) is 0 Å². The van der Waals surface area contributed by atoms with Gasteiger partial charge in [0, 0.05) is 18.3 Å². The van der Waals surface area contributed by atoms with Crippen molar-refractivity contribution in [3.8, 4) is 12.3 Å². The van der Waals surface area contributed by atoms with Crippen molar-refractivity contribution in [3.63, 3.8) is 0 Å². The number of hydrogen-bond acceptors (Lipinski definition) is 1. The van der Waals surface area contributed by atoms with Crippen LogP contribution < -0.4 is 5.32 Å². The van der Waals surface area contributed by atoms with Gasteiger partial charge in [0.05, 0.1) is 0 Å². The first-order chi connectivity index (χ1) is 4.31. The molecule has 1 N–H and O–H groups in total. The molecule has 0 aliphatic heterocycles. The van der Waals surface area contributed by atoms with E-state index in [2.05, 4.69) is 25.1 Å². The highest BCUT2D eigenvalue weighted by Crippen LogP contribution is 1.85. The molecule has 1 heteroatoms. The van der Waals surface area contributed by atoms with Crippen molar-refractivity contribution in [2.75, 3.05) is 0 Å². The molecular weight excluding hydrogens is 110 g/mol. The summed E-state index contributed by atoms with van der Waals surface area (Å²) in [5.74, 6) is 2.40. The quantitative estimate of drug-likeness (QED) is 0.561. The molecule has 1 atom stereocenters. The molecule has 50 valence electrons. The van der Waals surface area contributed by atoms with E-state index >= 15 is 0 Å². The molecular formula is C8H13N. The van der Waals surface area contributed by atoms with Crippen LogP contribution in [0.15, 0.2) is 12.3 Å². The van der Waals surface area contributed by atoms with Crippen LogP contribution in [-0.2, 0) is 0 Å². The van der Waals surface area contributed by atoms with Crippen LogP contribution >= 0.6 is 0 Å². The van der Waals surface area contributed by atoms with Gasteiger partial charge in [0.2, 0.25) is 0 Å². The largest absolute Gasteiger partial charge is 0.388 e. The van der Waals surface area contributed by atoms with E-state index in [1.54, 1.807) is 12.3 Å².